The van der Waals surface area contributed by atoms with Crippen LogP contribution < -0.4 is 0 Å². The summed E-state index contributed by atoms with van der Waals surface area (Å²) >= 11 is 3.52. The molecule has 1 aromatic carbocycles. The minimum atomic E-state index is 0.870. The molecule has 18 heavy (non-hydrogen) atoms. The van der Waals surface area contributed by atoms with E-state index in [0.29, 0.717) is 0 Å². The number of benzene rings is 1. The van der Waals surface area contributed by atoms with E-state index in [0.717, 1.165) is 29.0 Å². The molecular weight excluding hydrogens is 290 g/mol. The molecule has 3 nitrogen and oxygen atoms in total. The highest BCUT2D eigenvalue weighted by Crippen LogP contribution is 2.29. The summed E-state index contributed by atoms with van der Waals surface area (Å²) in [5.74, 6) is 1.26. The Hall–Kier alpha value is -0.870. The Morgan fingerprint density at radius 2 is 2.06 bits per heavy atom. The van der Waals surface area contributed by atoms with Crippen LogP contribution in [0.4, 0.5) is 0 Å². The van der Waals surface area contributed by atoms with E-state index in [4.69, 9.17) is 4.98 Å². The molecule has 0 saturated heterocycles. The van der Waals surface area contributed by atoms with Gasteiger partial charge in [-0.1, -0.05) is 15.9 Å². The van der Waals surface area contributed by atoms with Crippen molar-refractivity contribution in [1.29, 1.82) is 0 Å². The molecular formula is C14H16BrN3. The predicted octanol–water partition coefficient (Wildman–Crippen LogP) is 2.82. The Kier molecular flexibility index (Phi) is 2.49. The number of fused-ring (bicyclic) bond motifs is 3. The van der Waals surface area contributed by atoms with Gasteiger partial charge >= 0.3 is 0 Å². The van der Waals surface area contributed by atoms with Crippen LogP contribution in [0.3, 0.4) is 0 Å². The van der Waals surface area contributed by atoms with E-state index in [1.807, 2.05) is 0 Å². The number of rotatable bonds is 1. The van der Waals surface area contributed by atoms with E-state index in [1.165, 1.54) is 37.3 Å². The van der Waals surface area contributed by atoms with Gasteiger partial charge in [0.05, 0.1) is 11.0 Å². The van der Waals surface area contributed by atoms with Gasteiger partial charge in [-0.15, -0.1) is 0 Å². The van der Waals surface area contributed by atoms with Gasteiger partial charge in [0, 0.05) is 36.6 Å². The summed E-state index contributed by atoms with van der Waals surface area (Å²) in [4.78, 5) is 7.43. The molecule has 1 aliphatic heterocycles. The lowest BCUT2D eigenvalue weighted by atomic mass is 10.3. The SMILES string of the molecule is Brc1ccc2c(c1)nc1n2CCN(C2CC2)CC1. The van der Waals surface area contributed by atoms with Crippen molar-refractivity contribution in [2.24, 2.45) is 0 Å². The van der Waals surface area contributed by atoms with Gasteiger partial charge in [0.1, 0.15) is 5.82 Å². The van der Waals surface area contributed by atoms with Crippen LogP contribution in [0.25, 0.3) is 11.0 Å². The van der Waals surface area contributed by atoms with E-state index >= 15 is 0 Å². The quantitative estimate of drug-likeness (QED) is 0.808. The van der Waals surface area contributed by atoms with Gasteiger partial charge in [0.15, 0.2) is 0 Å². The number of imidazole rings is 1. The highest BCUT2D eigenvalue weighted by molar-refractivity contribution is 9.10. The fraction of sp³-hybridized carbons (Fsp3) is 0.500. The minimum absolute atomic E-state index is 0.870. The molecule has 1 aromatic heterocycles. The fourth-order valence-electron chi connectivity index (χ4n) is 2.98. The highest BCUT2D eigenvalue weighted by atomic mass is 79.9. The minimum Gasteiger partial charge on any atom is -0.327 e. The molecule has 0 amide bonds. The van der Waals surface area contributed by atoms with Crippen molar-refractivity contribution in [3.63, 3.8) is 0 Å². The maximum atomic E-state index is 4.79. The Morgan fingerprint density at radius 3 is 2.89 bits per heavy atom. The van der Waals surface area contributed by atoms with Crippen molar-refractivity contribution in [3.05, 3.63) is 28.5 Å². The van der Waals surface area contributed by atoms with E-state index < -0.39 is 0 Å². The second-order valence-electron chi connectivity index (χ2n) is 5.33. The monoisotopic (exact) mass is 305 g/mol. The van der Waals surface area contributed by atoms with Crippen LogP contribution in [-0.4, -0.2) is 33.6 Å². The zero-order chi connectivity index (χ0) is 12.1. The van der Waals surface area contributed by atoms with Crippen LogP contribution in [0.1, 0.15) is 18.7 Å². The lowest BCUT2D eigenvalue weighted by Crippen LogP contribution is -2.29. The van der Waals surface area contributed by atoms with Crippen LogP contribution in [0, 0.1) is 0 Å². The molecule has 94 valence electrons. The van der Waals surface area contributed by atoms with Crippen LogP contribution in [0.15, 0.2) is 22.7 Å². The zero-order valence-corrected chi connectivity index (χ0v) is 11.9. The summed E-state index contributed by atoms with van der Waals surface area (Å²) in [7, 11) is 0. The number of aromatic nitrogens is 2. The fourth-order valence-corrected chi connectivity index (χ4v) is 3.33. The van der Waals surface area contributed by atoms with Gasteiger partial charge in [-0.2, -0.15) is 0 Å². The van der Waals surface area contributed by atoms with Gasteiger partial charge in [-0.3, -0.25) is 4.90 Å². The summed E-state index contributed by atoms with van der Waals surface area (Å²) in [5, 5.41) is 0. The Labute approximate surface area is 115 Å². The van der Waals surface area contributed by atoms with Gasteiger partial charge in [-0.25, -0.2) is 4.98 Å². The molecule has 0 radical (unpaired) electrons. The van der Waals surface area contributed by atoms with E-state index in [9.17, 15) is 0 Å². The molecule has 1 aliphatic carbocycles. The molecule has 0 bridgehead atoms. The second kappa shape index (κ2) is 4.07. The molecule has 1 fully saturated rings. The molecule has 0 atom stereocenters. The molecule has 2 aliphatic rings. The summed E-state index contributed by atoms with van der Waals surface area (Å²) < 4.78 is 3.52. The average Bonchev–Trinajstić information content (AvgIpc) is 3.14. The lowest BCUT2D eigenvalue weighted by molar-refractivity contribution is 0.270. The van der Waals surface area contributed by atoms with Gasteiger partial charge in [-0.05, 0) is 31.0 Å². The Bertz CT molecular complexity index is 600. The summed E-state index contributed by atoms with van der Waals surface area (Å²) in [5.41, 5.74) is 2.41. The summed E-state index contributed by atoms with van der Waals surface area (Å²) in [6, 6.07) is 7.29. The molecule has 4 rings (SSSR count). The maximum absolute atomic E-state index is 4.79. The number of hydrogen-bond donors (Lipinski definition) is 0. The molecule has 0 unspecified atom stereocenters. The molecule has 0 spiro atoms. The van der Waals surface area contributed by atoms with Crippen molar-refractivity contribution in [1.82, 2.24) is 14.5 Å². The molecule has 0 N–H and O–H groups in total. The topological polar surface area (TPSA) is 21.1 Å². The van der Waals surface area contributed by atoms with Gasteiger partial charge < -0.3 is 4.57 Å². The number of nitrogens with zero attached hydrogens (tertiary/aromatic N) is 3. The summed E-state index contributed by atoms with van der Waals surface area (Å²) in [6.07, 6.45) is 3.88. The zero-order valence-electron chi connectivity index (χ0n) is 10.3. The van der Waals surface area contributed by atoms with Gasteiger partial charge in [0.25, 0.3) is 0 Å². The Morgan fingerprint density at radius 1 is 1.17 bits per heavy atom. The second-order valence-corrected chi connectivity index (χ2v) is 6.25. The third kappa shape index (κ3) is 1.79. The molecule has 2 aromatic rings. The third-order valence-electron chi connectivity index (χ3n) is 4.09. The predicted molar refractivity (Wildman–Crippen MR) is 75.7 cm³/mol. The standard InChI is InChI=1S/C14H16BrN3/c15-10-1-4-13-12(9-10)16-14-5-6-17(11-2-3-11)7-8-18(13)14/h1,4,9,11H,2-3,5-8H2. The highest BCUT2D eigenvalue weighted by Gasteiger charge is 2.30. The molecule has 2 heterocycles. The van der Waals surface area contributed by atoms with Crippen molar-refractivity contribution in [3.8, 4) is 0 Å². The van der Waals surface area contributed by atoms with Crippen molar-refractivity contribution in [2.45, 2.75) is 31.8 Å². The van der Waals surface area contributed by atoms with Gasteiger partial charge in [0.2, 0.25) is 0 Å². The van der Waals surface area contributed by atoms with Crippen LogP contribution in [0.2, 0.25) is 0 Å². The average molecular weight is 306 g/mol. The first-order valence-electron chi connectivity index (χ1n) is 6.70. The third-order valence-corrected chi connectivity index (χ3v) is 4.58. The van der Waals surface area contributed by atoms with E-state index in [1.54, 1.807) is 0 Å². The van der Waals surface area contributed by atoms with Crippen molar-refractivity contribution < 1.29 is 0 Å². The first-order valence-corrected chi connectivity index (χ1v) is 7.49. The van der Waals surface area contributed by atoms with E-state index in [-0.39, 0.29) is 0 Å². The lowest BCUT2D eigenvalue weighted by Gasteiger charge is -2.18. The van der Waals surface area contributed by atoms with Crippen molar-refractivity contribution in [2.75, 3.05) is 13.1 Å². The Balaban J connectivity index is 1.72. The first-order chi connectivity index (χ1) is 8.81. The van der Waals surface area contributed by atoms with Crippen molar-refractivity contribution >= 4 is 27.0 Å². The van der Waals surface area contributed by atoms with E-state index in [2.05, 4.69) is 43.6 Å². The maximum Gasteiger partial charge on any atom is 0.111 e. The van der Waals surface area contributed by atoms with Crippen LogP contribution >= 0.6 is 15.9 Å². The van der Waals surface area contributed by atoms with Crippen LogP contribution in [-0.2, 0) is 13.0 Å². The number of hydrogen-bond acceptors (Lipinski definition) is 2. The largest absolute Gasteiger partial charge is 0.327 e. The first kappa shape index (κ1) is 11.0. The molecule has 1 saturated carbocycles. The smallest absolute Gasteiger partial charge is 0.111 e. The molecule has 4 heteroatoms. The summed E-state index contributed by atoms with van der Waals surface area (Å²) in [6.45, 7) is 3.44. The van der Waals surface area contributed by atoms with Crippen LogP contribution in [0.5, 0.6) is 0 Å². The number of halogens is 1. The normalized spacial score (nSPS) is 20.9.